The van der Waals surface area contributed by atoms with Crippen molar-refractivity contribution in [1.82, 2.24) is 5.32 Å². The molecule has 96 valence electrons. The molecule has 0 bridgehead atoms. The second-order valence-electron chi connectivity index (χ2n) is 4.87. The zero-order valence-corrected chi connectivity index (χ0v) is 11.0. The van der Waals surface area contributed by atoms with Crippen LogP contribution in [0.1, 0.15) is 24.4 Å². The minimum absolute atomic E-state index is 0.146. The molecular formula is C14H17ClN2O. The number of nitrogens with one attached hydrogen (secondary N) is 1. The summed E-state index contributed by atoms with van der Waals surface area (Å²) in [4.78, 5) is 4.74. The molecule has 1 unspecified atom stereocenters. The number of nitrogens with zero attached hydrogens (tertiary/aromatic N) is 1. The van der Waals surface area contributed by atoms with Crippen LogP contribution in [0, 0.1) is 5.92 Å². The predicted octanol–water partition coefficient (Wildman–Crippen LogP) is 2.81. The molecule has 2 aliphatic rings. The van der Waals surface area contributed by atoms with Gasteiger partial charge in [-0.05, 0) is 43.6 Å². The van der Waals surface area contributed by atoms with E-state index in [9.17, 15) is 0 Å². The number of ether oxygens (including phenoxy) is 1. The van der Waals surface area contributed by atoms with Crippen LogP contribution in [0.3, 0.4) is 0 Å². The third-order valence-corrected chi connectivity index (χ3v) is 3.87. The molecule has 0 spiro atoms. The molecule has 4 heteroatoms. The number of rotatable bonds is 2. The number of aliphatic imine (C=N–C) groups is 1. The van der Waals surface area contributed by atoms with Crippen LogP contribution in [0.2, 0.25) is 5.02 Å². The molecule has 1 saturated heterocycles. The van der Waals surface area contributed by atoms with Gasteiger partial charge in [0.25, 0.3) is 0 Å². The Bertz CT molecular complexity index is 438. The van der Waals surface area contributed by atoms with Gasteiger partial charge in [-0.3, -0.25) is 0 Å². The van der Waals surface area contributed by atoms with Gasteiger partial charge in [0.2, 0.25) is 0 Å². The van der Waals surface area contributed by atoms with Crippen LogP contribution in [0.25, 0.3) is 0 Å². The summed E-state index contributed by atoms with van der Waals surface area (Å²) < 4.78 is 5.78. The molecule has 1 fully saturated rings. The van der Waals surface area contributed by atoms with Crippen molar-refractivity contribution < 1.29 is 4.74 Å². The molecule has 0 saturated carbocycles. The average Bonchev–Trinajstić information content (AvgIpc) is 2.90. The standard InChI is InChI=1S/C14H17ClN2O/c15-12-3-1-10(2-4-12)13-9-18-14(17-13)11-5-7-16-8-6-11/h1-4,11,13,16H,5-9H2. The van der Waals surface area contributed by atoms with E-state index in [2.05, 4.69) is 5.32 Å². The van der Waals surface area contributed by atoms with Gasteiger partial charge in [-0.1, -0.05) is 23.7 Å². The quantitative estimate of drug-likeness (QED) is 0.891. The number of halogens is 1. The highest BCUT2D eigenvalue weighted by Crippen LogP contribution is 2.28. The van der Waals surface area contributed by atoms with Crippen molar-refractivity contribution >= 4 is 17.5 Å². The fourth-order valence-corrected chi connectivity index (χ4v) is 2.67. The van der Waals surface area contributed by atoms with Gasteiger partial charge >= 0.3 is 0 Å². The molecule has 0 amide bonds. The second kappa shape index (κ2) is 5.29. The Hall–Kier alpha value is -1.06. The van der Waals surface area contributed by atoms with E-state index < -0.39 is 0 Å². The first kappa shape index (κ1) is 12.0. The Labute approximate surface area is 112 Å². The second-order valence-corrected chi connectivity index (χ2v) is 5.31. The molecule has 0 aromatic heterocycles. The fourth-order valence-electron chi connectivity index (χ4n) is 2.54. The Morgan fingerprint density at radius 2 is 1.89 bits per heavy atom. The maximum absolute atomic E-state index is 5.89. The van der Waals surface area contributed by atoms with Gasteiger partial charge in [-0.25, -0.2) is 4.99 Å². The van der Waals surface area contributed by atoms with Crippen molar-refractivity contribution in [3.05, 3.63) is 34.9 Å². The summed E-state index contributed by atoms with van der Waals surface area (Å²) in [5.41, 5.74) is 1.18. The van der Waals surface area contributed by atoms with Gasteiger partial charge < -0.3 is 10.1 Å². The van der Waals surface area contributed by atoms with Crippen molar-refractivity contribution in [2.24, 2.45) is 10.9 Å². The minimum atomic E-state index is 0.146. The summed E-state index contributed by atoms with van der Waals surface area (Å²) in [6.45, 7) is 2.80. The van der Waals surface area contributed by atoms with E-state index in [0.717, 1.165) is 36.9 Å². The average molecular weight is 265 g/mol. The highest BCUT2D eigenvalue weighted by Gasteiger charge is 2.27. The van der Waals surface area contributed by atoms with E-state index in [-0.39, 0.29) is 6.04 Å². The first-order valence-corrected chi connectivity index (χ1v) is 6.87. The van der Waals surface area contributed by atoms with Crippen molar-refractivity contribution in [1.29, 1.82) is 0 Å². The van der Waals surface area contributed by atoms with Crippen molar-refractivity contribution in [3.63, 3.8) is 0 Å². The van der Waals surface area contributed by atoms with E-state index in [0.29, 0.717) is 12.5 Å². The molecule has 0 radical (unpaired) electrons. The zero-order valence-electron chi connectivity index (χ0n) is 10.2. The van der Waals surface area contributed by atoms with Crippen LogP contribution in [0.5, 0.6) is 0 Å². The van der Waals surface area contributed by atoms with E-state index in [4.69, 9.17) is 21.3 Å². The lowest BCUT2D eigenvalue weighted by Crippen LogP contribution is -2.31. The first-order chi connectivity index (χ1) is 8.83. The topological polar surface area (TPSA) is 33.6 Å². The molecule has 1 aromatic carbocycles. The van der Waals surface area contributed by atoms with E-state index >= 15 is 0 Å². The van der Waals surface area contributed by atoms with Crippen LogP contribution >= 0.6 is 11.6 Å². The molecule has 2 heterocycles. The molecular weight excluding hydrogens is 248 g/mol. The number of hydrogen-bond donors (Lipinski definition) is 1. The van der Waals surface area contributed by atoms with Gasteiger partial charge in [-0.15, -0.1) is 0 Å². The van der Waals surface area contributed by atoms with Crippen LogP contribution in [-0.2, 0) is 4.74 Å². The van der Waals surface area contributed by atoms with Crippen molar-refractivity contribution in [3.8, 4) is 0 Å². The molecule has 18 heavy (non-hydrogen) atoms. The normalized spacial score (nSPS) is 24.7. The summed E-state index contributed by atoms with van der Waals surface area (Å²) in [5, 5.41) is 4.13. The summed E-state index contributed by atoms with van der Waals surface area (Å²) in [6, 6.07) is 8.03. The molecule has 1 N–H and O–H groups in total. The molecule has 3 rings (SSSR count). The van der Waals surface area contributed by atoms with Crippen LogP contribution in [0.4, 0.5) is 0 Å². The summed E-state index contributed by atoms with van der Waals surface area (Å²) in [5.74, 6) is 1.46. The zero-order chi connectivity index (χ0) is 12.4. The van der Waals surface area contributed by atoms with Gasteiger partial charge in [0.1, 0.15) is 12.6 Å². The number of piperidine rings is 1. The highest BCUT2D eigenvalue weighted by molar-refractivity contribution is 6.30. The first-order valence-electron chi connectivity index (χ1n) is 6.49. The molecule has 1 atom stereocenters. The Kier molecular flexibility index (Phi) is 3.52. The minimum Gasteiger partial charge on any atom is -0.478 e. The third kappa shape index (κ3) is 2.52. The van der Waals surface area contributed by atoms with Gasteiger partial charge in [0, 0.05) is 10.9 Å². The smallest absolute Gasteiger partial charge is 0.187 e. The SMILES string of the molecule is Clc1ccc(C2COC(C3CCNCC3)=N2)cc1. The van der Waals surface area contributed by atoms with E-state index in [1.165, 1.54) is 5.56 Å². The van der Waals surface area contributed by atoms with Crippen molar-refractivity contribution in [2.75, 3.05) is 19.7 Å². The van der Waals surface area contributed by atoms with E-state index in [1.54, 1.807) is 0 Å². The summed E-state index contributed by atoms with van der Waals surface area (Å²) in [7, 11) is 0. The maximum Gasteiger partial charge on any atom is 0.187 e. The molecule has 2 aliphatic heterocycles. The lowest BCUT2D eigenvalue weighted by atomic mass is 9.98. The van der Waals surface area contributed by atoms with Crippen LogP contribution in [0.15, 0.2) is 29.3 Å². The largest absolute Gasteiger partial charge is 0.478 e. The molecule has 0 aliphatic carbocycles. The van der Waals surface area contributed by atoms with Gasteiger partial charge in [-0.2, -0.15) is 0 Å². The van der Waals surface area contributed by atoms with E-state index in [1.807, 2.05) is 24.3 Å². The Balaban J connectivity index is 1.72. The van der Waals surface area contributed by atoms with Crippen LogP contribution in [-0.4, -0.2) is 25.6 Å². The lowest BCUT2D eigenvalue weighted by Gasteiger charge is -2.21. The fraction of sp³-hybridized carbons (Fsp3) is 0.500. The predicted molar refractivity (Wildman–Crippen MR) is 73.2 cm³/mol. The molecule has 1 aromatic rings. The van der Waals surface area contributed by atoms with Gasteiger partial charge in [0.05, 0.1) is 0 Å². The Morgan fingerprint density at radius 1 is 1.17 bits per heavy atom. The van der Waals surface area contributed by atoms with Crippen molar-refractivity contribution in [2.45, 2.75) is 18.9 Å². The number of hydrogen-bond acceptors (Lipinski definition) is 3. The summed E-state index contributed by atoms with van der Waals surface area (Å²) >= 11 is 5.89. The maximum atomic E-state index is 5.89. The third-order valence-electron chi connectivity index (χ3n) is 3.62. The summed E-state index contributed by atoms with van der Waals surface area (Å²) in [6.07, 6.45) is 2.26. The highest BCUT2D eigenvalue weighted by atomic mass is 35.5. The molecule has 3 nitrogen and oxygen atoms in total. The monoisotopic (exact) mass is 264 g/mol. The van der Waals surface area contributed by atoms with Crippen LogP contribution < -0.4 is 5.32 Å². The lowest BCUT2D eigenvalue weighted by molar-refractivity contribution is 0.285. The van der Waals surface area contributed by atoms with Gasteiger partial charge in [0.15, 0.2) is 5.90 Å². The Morgan fingerprint density at radius 3 is 2.61 bits per heavy atom. The number of benzene rings is 1.